The van der Waals surface area contributed by atoms with Crippen LogP contribution in [0.2, 0.25) is 0 Å². The number of nitrogens with zero attached hydrogens (tertiary/aromatic N) is 1. The number of carbonyl (C=O) groups excluding carboxylic acids is 1. The fourth-order valence-electron chi connectivity index (χ4n) is 1.95. The van der Waals surface area contributed by atoms with Gasteiger partial charge in [-0.05, 0) is 38.4 Å². The number of amides is 1. The van der Waals surface area contributed by atoms with Crippen LogP contribution in [0, 0.1) is 37.0 Å². The molecule has 1 amide bonds. The highest BCUT2D eigenvalue weighted by molar-refractivity contribution is 7.16. The van der Waals surface area contributed by atoms with Crippen molar-refractivity contribution in [2.24, 2.45) is 11.8 Å². The molecular weight excluding hydrogens is 246 g/mol. The number of hydrogen-bond acceptors (Lipinski definition) is 4. The number of anilines is 1. The summed E-state index contributed by atoms with van der Waals surface area (Å²) >= 11 is 1.48. The van der Waals surface area contributed by atoms with Crippen molar-refractivity contribution in [1.82, 2.24) is 5.32 Å². The Kier molecular flexibility index (Phi) is 3.69. The van der Waals surface area contributed by atoms with Gasteiger partial charge in [-0.1, -0.05) is 6.92 Å². The summed E-state index contributed by atoms with van der Waals surface area (Å²) in [5.41, 5.74) is 1.57. The van der Waals surface area contributed by atoms with Crippen LogP contribution in [0.4, 0.5) is 5.00 Å². The van der Waals surface area contributed by atoms with Crippen molar-refractivity contribution in [3.05, 3.63) is 16.0 Å². The third-order valence-corrected chi connectivity index (χ3v) is 4.79. The van der Waals surface area contributed by atoms with E-state index >= 15 is 0 Å². The Labute approximate surface area is 111 Å². The predicted octanol–water partition coefficient (Wildman–Crippen LogP) is 2.03. The Bertz CT molecular complexity index is 511. The monoisotopic (exact) mass is 263 g/mol. The van der Waals surface area contributed by atoms with Gasteiger partial charge in [-0.3, -0.25) is 4.79 Å². The van der Waals surface area contributed by atoms with Gasteiger partial charge < -0.3 is 10.6 Å². The summed E-state index contributed by atoms with van der Waals surface area (Å²) in [5, 5.41) is 15.9. The number of aryl methyl sites for hydroxylation is 1. The molecule has 1 atom stereocenters. The summed E-state index contributed by atoms with van der Waals surface area (Å²) in [6.45, 7) is 7.64. The van der Waals surface area contributed by atoms with E-state index in [9.17, 15) is 4.79 Å². The lowest BCUT2D eigenvalue weighted by atomic mass is 9.88. The molecule has 0 spiro atoms. The molecule has 1 unspecified atom stereocenters. The second kappa shape index (κ2) is 5.09. The van der Waals surface area contributed by atoms with Crippen molar-refractivity contribution in [2.75, 3.05) is 18.4 Å². The van der Waals surface area contributed by atoms with Gasteiger partial charge in [0.05, 0.1) is 5.56 Å². The molecule has 1 aromatic heterocycles. The second-order valence-electron chi connectivity index (χ2n) is 4.80. The van der Waals surface area contributed by atoms with Crippen LogP contribution >= 0.6 is 11.3 Å². The van der Waals surface area contributed by atoms with Crippen molar-refractivity contribution in [3.8, 4) is 6.07 Å². The van der Waals surface area contributed by atoms with E-state index in [1.807, 2.05) is 20.8 Å². The number of thiophene rings is 1. The largest absolute Gasteiger partial charge is 0.316 e. The van der Waals surface area contributed by atoms with Gasteiger partial charge in [-0.2, -0.15) is 5.26 Å². The molecular formula is C13H17N3OS. The third kappa shape index (κ3) is 2.26. The molecule has 1 aliphatic rings. The summed E-state index contributed by atoms with van der Waals surface area (Å²) in [6, 6.07) is 2.17. The minimum absolute atomic E-state index is 0.0132. The lowest BCUT2D eigenvalue weighted by Crippen LogP contribution is -2.48. The first-order chi connectivity index (χ1) is 8.54. The normalized spacial score (nSPS) is 16.8. The molecule has 2 N–H and O–H groups in total. The molecule has 0 aliphatic carbocycles. The number of nitriles is 1. The zero-order valence-electron chi connectivity index (χ0n) is 10.8. The Balaban J connectivity index is 2.11. The molecule has 1 fully saturated rings. The van der Waals surface area contributed by atoms with Gasteiger partial charge in [0, 0.05) is 10.8 Å². The average Bonchev–Trinajstić information content (AvgIpc) is 2.51. The highest BCUT2D eigenvalue weighted by atomic mass is 32.1. The third-order valence-electron chi connectivity index (χ3n) is 3.67. The van der Waals surface area contributed by atoms with Crippen LogP contribution in [0.15, 0.2) is 0 Å². The van der Waals surface area contributed by atoms with Gasteiger partial charge in [0.25, 0.3) is 0 Å². The molecule has 0 bridgehead atoms. The van der Waals surface area contributed by atoms with E-state index in [1.165, 1.54) is 11.3 Å². The number of hydrogen-bond donors (Lipinski definition) is 2. The van der Waals surface area contributed by atoms with E-state index in [0.29, 0.717) is 16.5 Å². The van der Waals surface area contributed by atoms with Crippen LogP contribution in [0.1, 0.15) is 22.9 Å². The minimum Gasteiger partial charge on any atom is -0.316 e. The van der Waals surface area contributed by atoms with Gasteiger partial charge in [0.1, 0.15) is 11.1 Å². The maximum Gasteiger partial charge on any atom is 0.228 e. The Morgan fingerprint density at radius 3 is 2.72 bits per heavy atom. The smallest absolute Gasteiger partial charge is 0.228 e. The highest BCUT2D eigenvalue weighted by Gasteiger charge is 2.29. The zero-order chi connectivity index (χ0) is 13.3. The van der Waals surface area contributed by atoms with E-state index in [1.54, 1.807) is 0 Å². The summed E-state index contributed by atoms with van der Waals surface area (Å²) in [7, 11) is 0. The standard InChI is InChI=1S/C13H17N3OS/c1-7-9(3)18-13(11(7)4-14)16-12(17)8(2)10-5-15-6-10/h8,10,15H,5-6H2,1-3H3,(H,16,17). The van der Waals surface area contributed by atoms with Gasteiger partial charge in [-0.15, -0.1) is 11.3 Å². The number of carbonyl (C=O) groups is 1. The topological polar surface area (TPSA) is 64.9 Å². The molecule has 18 heavy (non-hydrogen) atoms. The molecule has 5 heteroatoms. The minimum atomic E-state index is -0.0134. The molecule has 96 valence electrons. The fourth-order valence-corrected chi connectivity index (χ4v) is 2.97. The Morgan fingerprint density at radius 1 is 1.56 bits per heavy atom. The lowest BCUT2D eigenvalue weighted by molar-refractivity contribution is -0.121. The van der Waals surface area contributed by atoms with E-state index < -0.39 is 0 Å². The van der Waals surface area contributed by atoms with E-state index in [4.69, 9.17) is 5.26 Å². The lowest BCUT2D eigenvalue weighted by Gasteiger charge is -2.31. The van der Waals surface area contributed by atoms with Crippen LogP contribution in [0.5, 0.6) is 0 Å². The van der Waals surface area contributed by atoms with Crippen molar-refractivity contribution >= 4 is 22.2 Å². The first-order valence-electron chi connectivity index (χ1n) is 6.06. The molecule has 1 aliphatic heterocycles. The van der Waals surface area contributed by atoms with Crippen LogP contribution < -0.4 is 10.6 Å². The van der Waals surface area contributed by atoms with Crippen molar-refractivity contribution in [3.63, 3.8) is 0 Å². The van der Waals surface area contributed by atoms with Gasteiger partial charge in [0.15, 0.2) is 0 Å². The average molecular weight is 263 g/mol. The Hall–Kier alpha value is -1.38. The molecule has 4 nitrogen and oxygen atoms in total. The molecule has 0 aromatic carbocycles. The fraction of sp³-hybridized carbons (Fsp3) is 0.538. The van der Waals surface area contributed by atoms with Crippen molar-refractivity contribution < 1.29 is 4.79 Å². The first kappa shape index (κ1) is 13.1. The molecule has 0 saturated carbocycles. The van der Waals surface area contributed by atoms with Crippen LogP contribution in [-0.4, -0.2) is 19.0 Å². The van der Waals surface area contributed by atoms with Crippen molar-refractivity contribution in [2.45, 2.75) is 20.8 Å². The number of rotatable bonds is 3. The highest BCUT2D eigenvalue weighted by Crippen LogP contribution is 2.32. The van der Waals surface area contributed by atoms with E-state index in [2.05, 4.69) is 16.7 Å². The molecule has 1 aromatic rings. The van der Waals surface area contributed by atoms with E-state index in [-0.39, 0.29) is 11.8 Å². The van der Waals surface area contributed by atoms with Crippen molar-refractivity contribution in [1.29, 1.82) is 5.26 Å². The molecule has 0 radical (unpaired) electrons. The SMILES string of the molecule is Cc1sc(NC(=O)C(C)C2CNC2)c(C#N)c1C. The molecule has 2 heterocycles. The van der Waals surface area contributed by atoms with Gasteiger partial charge in [0.2, 0.25) is 5.91 Å². The maximum atomic E-state index is 12.1. The number of nitrogens with one attached hydrogen (secondary N) is 2. The molecule has 2 rings (SSSR count). The predicted molar refractivity (Wildman–Crippen MR) is 72.7 cm³/mol. The quantitative estimate of drug-likeness (QED) is 0.877. The molecule has 1 saturated heterocycles. The summed E-state index contributed by atoms with van der Waals surface area (Å²) < 4.78 is 0. The summed E-state index contributed by atoms with van der Waals surface area (Å²) in [4.78, 5) is 13.2. The van der Waals surface area contributed by atoms with E-state index in [0.717, 1.165) is 23.5 Å². The maximum absolute atomic E-state index is 12.1. The Morgan fingerprint density at radius 2 is 2.22 bits per heavy atom. The first-order valence-corrected chi connectivity index (χ1v) is 6.88. The van der Waals surface area contributed by atoms with Gasteiger partial charge >= 0.3 is 0 Å². The van der Waals surface area contributed by atoms with Crippen LogP contribution in [0.3, 0.4) is 0 Å². The van der Waals surface area contributed by atoms with Crippen LogP contribution in [-0.2, 0) is 4.79 Å². The zero-order valence-corrected chi connectivity index (χ0v) is 11.6. The second-order valence-corrected chi connectivity index (χ2v) is 6.02. The summed E-state index contributed by atoms with van der Waals surface area (Å²) in [5.74, 6) is 0.414. The summed E-state index contributed by atoms with van der Waals surface area (Å²) in [6.07, 6.45) is 0. The van der Waals surface area contributed by atoms with Gasteiger partial charge in [-0.25, -0.2) is 0 Å². The van der Waals surface area contributed by atoms with Crippen LogP contribution in [0.25, 0.3) is 0 Å².